The Bertz CT molecular complexity index is 2180. The van der Waals surface area contributed by atoms with Gasteiger partial charge in [0.05, 0.1) is 12.0 Å². The highest BCUT2D eigenvalue weighted by Crippen LogP contribution is 2.30. The molecule has 0 saturated carbocycles. The van der Waals surface area contributed by atoms with Crippen molar-refractivity contribution in [3.8, 4) is 5.75 Å². The number of rotatable bonds is 9. The van der Waals surface area contributed by atoms with Crippen LogP contribution in [-0.4, -0.2) is 28.1 Å². The first-order chi connectivity index (χ1) is 22.8. The molecule has 0 saturated heterocycles. The van der Waals surface area contributed by atoms with Crippen molar-refractivity contribution in [2.45, 2.75) is 4.90 Å². The van der Waals surface area contributed by atoms with Gasteiger partial charge >= 0.3 is 0 Å². The van der Waals surface area contributed by atoms with Crippen molar-refractivity contribution in [3.63, 3.8) is 0 Å². The van der Waals surface area contributed by atoms with Crippen LogP contribution in [0.2, 0.25) is 5.02 Å². The van der Waals surface area contributed by atoms with Gasteiger partial charge in [-0.2, -0.15) is 0 Å². The third-order valence-electron chi connectivity index (χ3n) is 7.18. The second-order valence-electron chi connectivity index (χ2n) is 10.3. The molecule has 10 nitrogen and oxygen atoms in total. The number of carbonyl (C=O) groups excluding carboxylic acids is 3. The number of fused-ring (bicyclic) bond motifs is 2. The molecule has 0 fully saturated rings. The molecule has 47 heavy (non-hydrogen) atoms. The Morgan fingerprint density at radius 2 is 1.21 bits per heavy atom. The van der Waals surface area contributed by atoms with E-state index < -0.39 is 17.7 Å². The molecule has 12 heteroatoms. The predicted molar refractivity (Wildman–Crippen MR) is 182 cm³/mol. The molecular formula is C35H24ClN3O7S. The van der Waals surface area contributed by atoms with Crippen LogP contribution in [0.3, 0.4) is 0 Å². The molecule has 0 aliphatic heterocycles. The largest absolute Gasteiger partial charge is 0.508 e. The van der Waals surface area contributed by atoms with Crippen LogP contribution in [0.5, 0.6) is 5.75 Å². The van der Waals surface area contributed by atoms with Crippen molar-refractivity contribution in [2.24, 2.45) is 0 Å². The van der Waals surface area contributed by atoms with Gasteiger partial charge in [0, 0.05) is 54.4 Å². The number of carbonyl (C=O) groups is 3. The van der Waals surface area contributed by atoms with E-state index in [0.29, 0.717) is 32.2 Å². The fourth-order valence-electron chi connectivity index (χ4n) is 5.04. The summed E-state index contributed by atoms with van der Waals surface area (Å²) in [4.78, 5) is 41.1. The smallest absolute Gasteiger partial charge is 0.255 e. The minimum Gasteiger partial charge on any atom is -0.508 e. The summed E-state index contributed by atoms with van der Waals surface area (Å²) < 4.78 is 4.51. The Labute approximate surface area is 277 Å². The first-order valence-electron chi connectivity index (χ1n) is 14.0. The van der Waals surface area contributed by atoms with E-state index in [1.165, 1.54) is 30.3 Å². The molecule has 0 aliphatic rings. The zero-order valence-corrected chi connectivity index (χ0v) is 25.8. The van der Waals surface area contributed by atoms with Gasteiger partial charge in [0.25, 0.3) is 17.7 Å². The Morgan fingerprint density at radius 1 is 0.617 bits per heavy atom. The molecule has 0 bridgehead atoms. The normalized spacial score (nSPS) is 10.9. The summed E-state index contributed by atoms with van der Waals surface area (Å²) in [6.45, 7) is 0. The van der Waals surface area contributed by atoms with E-state index in [9.17, 15) is 19.5 Å². The first-order valence-corrected chi connectivity index (χ1v) is 15.1. The van der Waals surface area contributed by atoms with Gasteiger partial charge in [-0.1, -0.05) is 53.0 Å². The van der Waals surface area contributed by atoms with E-state index >= 15 is 0 Å². The highest BCUT2D eigenvalue weighted by atomic mass is 35.5. The van der Waals surface area contributed by atoms with E-state index in [2.05, 4.69) is 25.3 Å². The molecule has 0 spiro atoms. The lowest BCUT2D eigenvalue weighted by molar-refractivity contribution is -0.432. The first kappa shape index (κ1) is 31.5. The van der Waals surface area contributed by atoms with Gasteiger partial charge in [0.15, 0.2) is 0 Å². The molecule has 6 rings (SSSR count). The second-order valence-corrected chi connectivity index (χ2v) is 11.5. The van der Waals surface area contributed by atoms with E-state index in [1.807, 2.05) is 12.1 Å². The molecule has 0 atom stereocenters. The summed E-state index contributed by atoms with van der Waals surface area (Å²) in [6.07, 6.45) is 0. The summed E-state index contributed by atoms with van der Waals surface area (Å²) >= 11 is 6.89. The van der Waals surface area contributed by atoms with Crippen LogP contribution in [0, 0.1) is 0 Å². The van der Waals surface area contributed by atoms with Crippen LogP contribution in [0.25, 0.3) is 21.5 Å². The molecule has 6 aromatic rings. The summed E-state index contributed by atoms with van der Waals surface area (Å²) in [6, 6.07) is 31.5. The van der Waals surface area contributed by atoms with Gasteiger partial charge in [-0.05, 0) is 89.6 Å². The Hall–Kier alpha value is -5.43. The zero-order chi connectivity index (χ0) is 32.9. The maximum Gasteiger partial charge on any atom is 0.255 e. The number of amides is 3. The molecule has 0 unspecified atom stereocenters. The van der Waals surface area contributed by atoms with Gasteiger partial charge in [-0.15, -0.1) is 4.33 Å². The number of nitrogens with one attached hydrogen (secondary N) is 3. The standard InChI is InChI=1S/C35H24ClN3O7S/c36-25-7-1-6-22(15-25)33(41)37-26-16-23(34(42)38-31-8-2-4-20-18-27(40)10-12-29(20)31)14-24(17-26)35(43)39-32-9-3-5-21-19-28(47-46-45-44)11-13-30(21)32/h1-19,40,44H,(H,37,41)(H,38,42)(H,39,43). The van der Waals surface area contributed by atoms with Crippen molar-refractivity contribution < 1.29 is 34.1 Å². The minimum atomic E-state index is -0.526. The van der Waals surface area contributed by atoms with Gasteiger partial charge < -0.3 is 21.1 Å². The van der Waals surface area contributed by atoms with Crippen LogP contribution in [-0.2, 0) is 9.37 Å². The van der Waals surface area contributed by atoms with Crippen LogP contribution < -0.4 is 16.0 Å². The van der Waals surface area contributed by atoms with Crippen molar-refractivity contribution in [3.05, 3.63) is 137 Å². The number of aromatic hydroxyl groups is 1. The van der Waals surface area contributed by atoms with Gasteiger partial charge in [-0.3, -0.25) is 14.4 Å². The molecule has 0 heterocycles. The number of hydrogen-bond acceptors (Lipinski definition) is 8. The predicted octanol–water partition coefficient (Wildman–Crippen LogP) is 8.54. The summed E-state index contributed by atoms with van der Waals surface area (Å²) in [5.41, 5.74) is 1.72. The highest BCUT2D eigenvalue weighted by Gasteiger charge is 2.17. The average molecular weight is 666 g/mol. The molecule has 0 radical (unpaired) electrons. The lowest BCUT2D eigenvalue weighted by atomic mass is 10.0. The maximum absolute atomic E-state index is 13.7. The monoisotopic (exact) mass is 665 g/mol. The topological polar surface area (TPSA) is 146 Å². The second kappa shape index (κ2) is 13.9. The molecule has 234 valence electrons. The van der Waals surface area contributed by atoms with E-state index in [-0.39, 0.29) is 22.6 Å². The van der Waals surface area contributed by atoms with Crippen molar-refractivity contribution in [1.29, 1.82) is 0 Å². The van der Waals surface area contributed by atoms with Gasteiger partial charge in [0.1, 0.15) is 5.75 Å². The van der Waals surface area contributed by atoms with E-state index in [4.69, 9.17) is 16.9 Å². The lowest BCUT2D eigenvalue weighted by Gasteiger charge is -2.14. The SMILES string of the molecule is O=C(Nc1cc(C(=O)Nc2cccc3cc(O)ccc23)cc(C(=O)Nc2cccc3cc(SOOO)ccc23)c1)c1cccc(Cl)c1. The number of hydrogen-bond donors (Lipinski definition) is 5. The fraction of sp³-hybridized carbons (Fsp3) is 0. The van der Waals surface area contributed by atoms with Crippen LogP contribution >= 0.6 is 23.6 Å². The molecule has 0 aliphatic carbocycles. The number of anilines is 3. The summed E-state index contributed by atoms with van der Waals surface area (Å²) in [5, 5.41) is 33.9. The third kappa shape index (κ3) is 7.36. The Morgan fingerprint density at radius 3 is 1.85 bits per heavy atom. The van der Waals surface area contributed by atoms with E-state index in [0.717, 1.165) is 28.2 Å². The minimum absolute atomic E-state index is 0.0932. The summed E-state index contributed by atoms with van der Waals surface area (Å²) in [7, 11) is 0. The van der Waals surface area contributed by atoms with Crippen LogP contribution in [0.15, 0.2) is 120 Å². The van der Waals surface area contributed by atoms with Gasteiger partial charge in [0.2, 0.25) is 0 Å². The number of benzene rings is 6. The maximum atomic E-state index is 13.7. The molecule has 5 N–H and O–H groups in total. The summed E-state index contributed by atoms with van der Waals surface area (Å²) in [5.74, 6) is -1.44. The molecule has 6 aromatic carbocycles. The van der Waals surface area contributed by atoms with Crippen molar-refractivity contribution in [2.75, 3.05) is 16.0 Å². The van der Waals surface area contributed by atoms with Crippen LogP contribution in [0.1, 0.15) is 31.1 Å². The lowest BCUT2D eigenvalue weighted by Crippen LogP contribution is -2.18. The van der Waals surface area contributed by atoms with Crippen LogP contribution in [0.4, 0.5) is 17.1 Å². The van der Waals surface area contributed by atoms with Crippen molar-refractivity contribution in [1.82, 2.24) is 0 Å². The highest BCUT2D eigenvalue weighted by molar-refractivity contribution is 7.94. The number of phenols is 1. The number of phenolic OH excluding ortho intramolecular Hbond substituents is 1. The quantitative estimate of drug-likeness (QED) is 0.0587. The Balaban J connectivity index is 1.33. The van der Waals surface area contributed by atoms with E-state index in [1.54, 1.807) is 72.8 Å². The Kier molecular flexibility index (Phi) is 9.34. The third-order valence-corrected chi connectivity index (χ3v) is 7.99. The van der Waals surface area contributed by atoms with Crippen molar-refractivity contribution >= 4 is 80.0 Å². The average Bonchev–Trinajstić information content (AvgIpc) is 3.07. The molecular weight excluding hydrogens is 642 g/mol. The molecule has 0 aromatic heterocycles. The number of halogens is 1. The fourth-order valence-corrected chi connectivity index (χ4v) is 5.64. The zero-order valence-electron chi connectivity index (χ0n) is 24.2. The van der Waals surface area contributed by atoms with Gasteiger partial charge in [-0.25, -0.2) is 5.26 Å². The molecule has 3 amide bonds.